The number of esters is 1. The van der Waals surface area contributed by atoms with Crippen LogP contribution < -0.4 is 5.73 Å². The van der Waals surface area contributed by atoms with Gasteiger partial charge in [-0.05, 0) is 31.7 Å². The summed E-state index contributed by atoms with van der Waals surface area (Å²) < 4.78 is 9.88. The molecule has 0 aliphatic carbocycles. The molecule has 0 aromatic carbocycles. The van der Waals surface area contributed by atoms with Crippen LogP contribution in [-0.2, 0) is 19.1 Å². The van der Waals surface area contributed by atoms with Crippen molar-refractivity contribution < 1.29 is 19.1 Å². The van der Waals surface area contributed by atoms with Crippen LogP contribution >= 0.6 is 0 Å². The fourth-order valence-corrected chi connectivity index (χ4v) is 1.98. The lowest BCUT2D eigenvalue weighted by Gasteiger charge is -2.26. The SMILES string of the molecule is CCOC(=O)CN(CCOC)C(=O)CCC(C)(C)CCN. The normalized spacial score (nSPS) is 11.3. The Kier molecular flexibility index (Phi) is 9.99. The van der Waals surface area contributed by atoms with Gasteiger partial charge < -0.3 is 20.1 Å². The first kappa shape index (κ1) is 19.9. The van der Waals surface area contributed by atoms with Gasteiger partial charge in [-0.1, -0.05) is 13.8 Å². The van der Waals surface area contributed by atoms with E-state index < -0.39 is 0 Å². The zero-order valence-electron chi connectivity index (χ0n) is 13.8. The molecule has 0 heterocycles. The molecular weight excluding hydrogens is 272 g/mol. The zero-order chi connectivity index (χ0) is 16.3. The lowest BCUT2D eigenvalue weighted by atomic mass is 9.84. The average molecular weight is 302 g/mol. The summed E-state index contributed by atoms with van der Waals surface area (Å²) in [7, 11) is 1.57. The van der Waals surface area contributed by atoms with Gasteiger partial charge in [-0.2, -0.15) is 0 Å². The van der Waals surface area contributed by atoms with Gasteiger partial charge in [0.1, 0.15) is 6.54 Å². The highest BCUT2D eigenvalue weighted by atomic mass is 16.5. The van der Waals surface area contributed by atoms with E-state index >= 15 is 0 Å². The summed E-state index contributed by atoms with van der Waals surface area (Å²) >= 11 is 0. The van der Waals surface area contributed by atoms with Crippen LogP contribution in [0.3, 0.4) is 0 Å². The Hall–Kier alpha value is -1.14. The summed E-state index contributed by atoms with van der Waals surface area (Å²) in [5, 5.41) is 0. The summed E-state index contributed by atoms with van der Waals surface area (Å²) in [5.41, 5.74) is 5.60. The number of nitrogens with zero attached hydrogens (tertiary/aromatic N) is 1. The molecule has 124 valence electrons. The minimum atomic E-state index is -0.386. The zero-order valence-corrected chi connectivity index (χ0v) is 13.8. The van der Waals surface area contributed by atoms with Crippen LogP contribution in [0.5, 0.6) is 0 Å². The molecule has 21 heavy (non-hydrogen) atoms. The Bertz CT molecular complexity index is 319. The van der Waals surface area contributed by atoms with Crippen LogP contribution in [0.1, 0.15) is 40.0 Å². The second-order valence-electron chi connectivity index (χ2n) is 5.82. The molecule has 2 N–H and O–H groups in total. The third-order valence-corrected chi connectivity index (χ3v) is 3.38. The Balaban J connectivity index is 4.46. The van der Waals surface area contributed by atoms with Crippen molar-refractivity contribution in [3.63, 3.8) is 0 Å². The third-order valence-electron chi connectivity index (χ3n) is 3.38. The number of methoxy groups -OCH3 is 1. The average Bonchev–Trinajstić information content (AvgIpc) is 2.41. The predicted octanol–water partition coefficient (Wildman–Crippen LogP) is 1.18. The van der Waals surface area contributed by atoms with Gasteiger partial charge in [0.05, 0.1) is 13.2 Å². The molecular formula is C15H30N2O4. The lowest BCUT2D eigenvalue weighted by Crippen LogP contribution is -2.39. The minimum absolute atomic E-state index is 0.0205. The smallest absolute Gasteiger partial charge is 0.325 e. The molecule has 0 radical (unpaired) electrons. The fraction of sp³-hybridized carbons (Fsp3) is 0.867. The van der Waals surface area contributed by atoms with Crippen molar-refractivity contribution in [2.24, 2.45) is 11.1 Å². The van der Waals surface area contributed by atoms with Gasteiger partial charge in [0.25, 0.3) is 0 Å². The topological polar surface area (TPSA) is 81.9 Å². The molecule has 0 fully saturated rings. The first-order valence-corrected chi connectivity index (χ1v) is 7.48. The third kappa shape index (κ3) is 9.42. The number of rotatable bonds is 11. The van der Waals surface area contributed by atoms with Gasteiger partial charge in [-0.15, -0.1) is 0 Å². The van der Waals surface area contributed by atoms with Crippen LogP contribution in [0.4, 0.5) is 0 Å². The van der Waals surface area contributed by atoms with Gasteiger partial charge in [0, 0.05) is 20.1 Å². The van der Waals surface area contributed by atoms with E-state index in [9.17, 15) is 9.59 Å². The number of ether oxygens (including phenoxy) is 2. The summed E-state index contributed by atoms with van der Waals surface area (Å²) in [4.78, 5) is 25.3. The minimum Gasteiger partial charge on any atom is -0.465 e. The van der Waals surface area contributed by atoms with Crippen molar-refractivity contribution in [2.75, 3.05) is 40.0 Å². The molecule has 0 rings (SSSR count). The fourth-order valence-electron chi connectivity index (χ4n) is 1.98. The first-order valence-electron chi connectivity index (χ1n) is 7.48. The van der Waals surface area contributed by atoms with E-state index in [2.05, 4.69) is 13.8 Å². The molecule has 0 unspecified atom stereocenters. The molecule has 0 aliphatic heterocycles. The number of carbonyl (C=O) groups is 2. The number of hydrogen-bond acceptors (Lipinski definition) is 5. The molecule has 6 heteroatoms. The van der Waals surface area contributed by atoms with E-state index in [0.717, 1.165) is 12.8 Å². The summed E-state index contributed by atoms with van der Waals surface area (Å²) in [5.74, 6) is -0.437. The molecule has 6 nitrogen and oxygen atoms in total. The Labute approximate surface area is 127 Å². The second-order valence-corrected chi connectivity index (χ2v) is 5.82. The van der Waals surface area contributed by atoms with E-state index in [-0.39, 0.29) is 23.8 Å². The highest BCUT2D eigenvalue weighted by Gasteiger charge is 2.22. The quantitative estimate of drug-likeness (QED) is 0.580. The van der Waals surface area contributed by atoms with Crippen molar-refractivity contribution in [3.05, 3.63) is 0 Å². The molecule has 0 saturated heterocycles. The maximum absolute atomic E-state index is 12.3. The van der Waals surface area contributed by atoms with Crippen molar-refractivity contribution in [1.82, 2.24) is 4.90 Å². The highest BCUT2D eigenvalue weighted by Crippen LogP contribution is 2.26. The molecule has 0 spiro atoms. The van der Waals surface area contributed by atoms with Gasteiger partial charge in [0.15, 0.2) is 0 Å². The van der Waals surface area contributed by atoms with E-state index in [1.165, 1.54) is 4.90 Å². The summed E-state index contributed by atoms with van der Waals surface area (Å²) in [6, 6.07) is 0. The van der Waals surface area contributed by atoms with E-state index in [0.29, 0.717) is 32.7 Å². The van der Waals surface area contributed by atoms with Gasteiger partial charge in [-0.25, -0.2) is 0 Å². The molecule has 1 amide bonds. The number of carbonyl (C=O) groups excluding carboxylic acids is 2. The Morgan fingerprint density at radius 2 is 1.90 bits per heavy atom. The second kappa shape index (κ2) is 10.6. The van der Waals surface area contributed by atoms with Crippen molar-refractivity contribution in [3.8, 4) is 0 Å². The molecule has 0 saturated carbocycles. The van der Waals surface area contributed by atoms with Crippen LogP contribution in [-0.4, -0.2) is 56.7 Å². The maximum Gasteiger partial charge on any atom is 0.325 e. The van der Waals surface area contributed by atoms with E-state index in [4.69, 9.17) is 15.2 Å². The molecule has 0 atom stereocenters. The van der Waals surface area contributed by atoms with Crippen molar-refractivity contribution in [2.45, 2.75) is 40.0 Å². The molecule has 0 aromatic rings. The Morgan fingerprint density at radius 3 is 2.43 bits per heavy atom. The van der Waals surface area contributed by atoms with Crippen molar-refractivity contribution >= 4 is 11.9 Å². The standard InChI is InChI=1S/C15H30N2O4/c1-5-21-14(19)12-17(10-11-20-4)13(18)6-7-15(2,3)8-9-16/h5-12,16H2,1-4H3. The summed E-state index contributed by atoms with van der Waals surface area (Å²) in [6.07, 6.45) is 2.02. The largest absolute Gasteiger partial charge is 0.465 e. The number of hydrogen-bond donors (Lipinski definition) is 1. The molecule has 0 aromatic heterocycles. The Morgan fingerprint density at radius 1 is 1.24 bits per heavy atom. The predicted molar refractivity (Wildman–Crippen MR) is 81.8 cm³/mol. The lowest BCUT2D eigenvalue weighted by molar-refractivity contribution is -0.149. The van der Waals surface area contributed by atoms with E-state index in [1.807, 2.05) is 0 Å². The van der Waals surface area contributed by atoms with Crippen LogP contribution in [0.15, 0.2) is 0 Å². The monoisotopic (exact) mass is 302 g/mol. The highest BCUT2D eigenvalue weighted by molar-refractivity contribution is 5.82. The first-order chi connectivity index (χ1) is 9.86. The number of amides is 1. The van der Waals surface area contributed by atoms with Crippen LogP contribution in [0.2, 0.25) is 0 Å². The van der Waals surface area contributed by atoms with Crippen LogP contribution in [0, 0.1) is 5.41 Å². The van der Waals surface area contributed by atoms with Gasteiger partial charge in [-0.3, -0.25) is 9.59 Å². The van der Waals surface area contributed by atoms with Crippen molar-refractivity contribution in [1.29, 1.82) is 0 Å². The van der Waals surface area contributed by atoms with E-state index in [1.54, 1.807) is 14.0 Å². The summed E-state index contributed by atoms with van der Waals surface area (Å²) in [6.45, 7) is 7.63. The van der Waals surface area contributed by atoms with Crippen LogP contribution in [0.25, 0.3) is 0 Å². The van der Waals surface area contributed by atoms with Gasteiger partial charge in [0.2, 0.25) is 5.91 Å². The molecule has 0 aliphatic rings. The maximum atomic E-state index is 12.3. The number of nitrogens with two attached hydrogens (primary N) is 1. The van der Waals surface area contributed by atoms with Gasteiger partial charge >= 0.3 is 5.97 Å². The molecule has 0 bridgehead atoms.